The van der Waals surface area contributed by atoms with E-state index in [-0.39, 0.29) is 23.9 Å². The molecule has 0 saturated carbocycles. The van der Waals surface area contributed by atoms with Gasteiger partial charge in [0.15, 0.2) is 0 Å². The van der Waals surface area contributed by atoms with Crippen LogP contribution in [0.5, 0.6) is 0 Å². The molecule has 112 valence electrons. The highest BCUT2D eigenvalue weighted by molar-refractivity contribution is 6.21. The number of unbranched alkanes of at least 4 members (excludes halogenated alkanes) is 1. The van der Waals surface area contributed by atoms with Crippen LogP contribution in [0.4, 0.5) is 5.69 Å². The molecule has 1 rings (SSSR count). The molecule has 1 unspecified atom stereocenters. The first-order valence-electron chi connectivity index (χ1n) is 7.25. The zero-order chi connectivity index (χ0) is 15.1. The van der Waals surface area contributed by atoms with Gasteiger partial charge in [-0.2, -0.15) is 0 Å². The number of hydrogen-bond acceptors (Lipinski definition) is 2. The van der Waals surface area contributed by atoms with Gasteiger partial charge in [-0.3, -0.25) is 4.79 Å². The van der Waals surface area contributed by atoms with Gasteiger partial charge in [-0.15, -0.1) is 11.6 Å². The second kappa shape index (κ2) is 8.15. The third-order valence-electron chi connectivity index (χ3n) is 3.34. The Labute approximate surface area is 127 Å². The van der Waals surface area contributed by atoms with Crippen molar-refractivity contribution in [2.45, 2.75) is 51.5 Å². The van der Waals surface area contributed by atoms with Crippen LogP contribution in [0.2, 0.25) is 0 Å². The predicted molar refractivity (Wildman–Crippen MR) is 86.2 cm³/mol. The lowest BCUT2D eigenvalue weighted by atomic mass is 10.0. The van der Waals surface area contributed by atoms with Gasteiger partial charge >= 0.3 is 0 Å². The zero-order valence-electron chi connectivity index (χ0n) is 12.6. The van der Waals surface area contributed by atoms with Crippen LogP contribution in [0.15, 0.2) is 24.3 Å². The standard InChI is InChI=1S/C16H25ClN2O/c1-4-5-9-14(17)13-8-6-7-10-15(13)19(12(2)3)11-16(18)20/h6-8,10,12,14H,4-5,9,11H2,1-3H3,(H2,18,20). The maximum atomic E-state index is 11.3. The minimum atomic E-state index is -0.326. The largest absolute Gasteiger partial charge is 0.368 e. The van der Waals surface area contributed by atoms with Gasteiger partial charge in [0.1, 0.15) is 0 Å². The van der Waals surface area contributed by atoms with Crippen molar-refractivity contribution in [2.24, 2.45) is 5.73 Å². The van der Waals surface area contributed by atoms with E-state index >= 15 is 0 Å². The van der Waals surface area contributed by atoms with E-state index in [0.29, 0.717) is 0 Å². The van der Waals surface area contributed by atoms with E-state index < -0.39 is 0 Å². The van der Waals surface area contributed by atoms with Crippen molar-refractivity contribution >= 4 is 23.2 Å². The fraction of sp³-hybridized carbons (Fsp3) is 0.562. The quantitative estimate of drug-likeness (QED) is 0.741. The smallest absolute Gasteiger partial charge is 0.236 e. The molecule has 0 heterocycles. The Balaban J connectivity index is 3.05. The van der Waals surface area contributed by atoms with Crippen LogP contribution in [0, 0.1) is 0 Å². The van der Waals surface area contributed by atoms with Crippen LogP contribution in [0.25, 0.3) is 0 Å². The summed E-state index contributed by atoms with van der Waals surface area (Å²) in [6.45, 7) is 6.47. The SMILES string of the molecule is CCCCC(Cl)c1ccccc1N(CC(N)=O)C(C)C. The van der Waals surface area contributed by atoms with Gasteiger partial charge < -0.3 is 10.6 Å². The summed E-state index contributed by atoms with van der Waals surface area (Å²) in [5.74, 6) is -0.326. The Bertz CT molecular complexity index is 434. The zero-order valence-corrected chi connectivity index (χ0v) is 13.4. The molecule has 0 aliphatic carbocycles. The maximum Gasteiger partial charge on any atom is 0.236 e. The Morgan fingerprint density at radius 2 is 2.00 bits per heavy atom. The van der Waals surface area contributed by atoms with Gasteiger partial charge in [0.05, 0.1) is 11.9 Å². The topological polar surface area (TPSA) is 46.3 Å². The summed E-state index contributed by atoms with van der Waals surface area (Å²) in [7, 11) is 0. The molecule has 0 bridgehead atoms. The van der Waals surface area contributed by atoms with Crippen molar-refractivity contribution < 1.29 is 4.79 Å². The number of carbonyl (C=O) groups excluding carboxylic acids is 1. The predicted octanol–water partition coefficient (Wildman–Crippen LogP) is 3.86. The fourth-order valence-corrected chi connectivity index (χ4v) is 2.61. The molecule has 1 atom stereocenters. The fourth-order valence-electron chi connectivity index (χ4n) is 2.27. The van der Waals surface area contributed by atoms with Crippen LogP contribution in [-0.2, 0) is 4.79 Å². The first-order valence-corrected chi connectivity index (χ1v) is 7.69. The molecule has 0 aromatic heterocycles. The van der Waals surface area contributed by atoms with Gasteiger partial charge in [-0.25, -0.2) is 0 Å². The molecule has 20 heavy (non-hydrogen) atoms. The molecule has 0 radical (unpaired) electrons. The number of benzene rings is 1. The number of nitrogens with two attached hydrogens (primary N) is 1. The summed E-state index contributed by atoms with van der Waals surface area (Å²) in [5.41, 5.74) is 7.45. The molecule has 1 aromatic rings. The van der Waals surface area contributed by atoms with E-state index in [1.807, 2.05) is 29.2 Å². The first kappa shape index (κ1) is 16.8. The van der Waals surface area contributed by atoms with Crippen LogP contribution in [-0.4, -0.2) is 18.5 Å². The average molecular weight is 297 g/mol. The minimum absolute atomic E-state index is 0.0275. The van der Waals surface area contributed by atoms with Crippen LogP contribution in [0.3, 0.4) is 0 Å². The number of carbonyl (C=O) groups is 1. The van der Waals surface area contributed by atoms with Gasteiger partial charge in [-0.05, 0) is 31.9 Å². The Kier molecular flexibility index (Phi) is 6.86. The number of halogens is 1. The van der Waals surface area contributed by atoms with E-state index in [0.717, 1.165) is 30.5 Å². The minimum Gasteiger partial charge on any atom is -0.368 e. The highest BCUT2D eigenvalue weighted by atomic mass is 35.5. The lowest BCUT2D eigenvalue weighted by Crippen LogP contribution is -2.39. The number of anilines is 1. The van der Waals surface area contributed by atoms with Crippen molar-refractivity contribution in [2.75, 3.05) is 11.4 Å². The molecule has 0 aliphatic rings. The lowest BCUT2D eigenvalue weighted by Gasteiger charge is -2.30. The Morgan fingerprint density at radius 3 is 2.55 bits per heavy atom. The normalized spacial score (nSPS) is 12.4. The van der Waals surface area contributed by atoms with Crippen molar-refractivity contribution in [1.29, 1.82) is 0 Å². The highest BCUT2D eigenvalue weighted by Gasteiger charge is 2.19. The second-order valence-electron chi connectivity index (χ2n) is 5.36. The molecule has 1 amide bonds. The molecular formula is C16H25ClN2O. The molecule has 2 N–H and O–H groups in total. The van der Waals surface area contributed by atoms with E-state index in [1.54, 1.807) is 0 Å². The summed E-state index contributed by atoms with van der Waals surface area (Å²) in [4.78, 5) is 13.3. The molecule has 0 spiro atoms. The van der Waals surface area contributed by atoms with Gasteiger partial charge in [0, 0.05) is 11.7 Å². The van der Waals surface area contributed by atoms with Gasteiger partial charge in [0.2, 0.25) is 5.91 Å². The van der Waals surface area contributed by atoms with E-state index in [1.165, 1.54) is 0 Å². The number of primary amides is 1. The number of amides is 1. The average Bonchev–Trinajstić information content (AvgIpc) is 2.41. The molecule has 0 aliphatic heterocycles. The third kappa shape index (κ3) is 4.71. The van der Waals surface area contributed by atoms with Crippen molar-refractivity contribution in [3.63, 3.8) is 0 Å². The summed E-state index contributed by atoms with van der Waals surface area (Å²) >= 11 is 6.53. The Morgan fingerprint density at radius 1 is 1.35 bits per heavy atom. The van der Waals surface area contributed by atoms with Crippen LogP contribution >= 0.6 is 11.6 Å². The number of rotatable bonds is 8. The second-order valence-corrected chi connectivity index (χ2v) is 5.88. The lowest BCUT2D eigenvalue weighted by molar-refractivity contribution is -0.116. The molecule has 1 aromatic carbocycles. The molecule has 3 nitrogen and oxygen atoms in total. The van der Waals surface area contributed by atoms with Crippen LogP contribution < -0.4 is 10.6 Å². The van der Waals surface area contributed by atoms with Crippen molar-refractivity contribution in [3.05, 3.63) is 29.8 Å². The first-order chi connectivity index (χ1) is 9.47. The van der Waals surface area contributed by atoms with Crippen molar-refractivity contribution in [3.8, 4) is 0 Å². The van der Waals surface area contributed by atoms with Gasteiger partial charge in [0.25, 0.3) is 0 Å². The maximum absolute atomic E-state index is 11.3. The highest BCUT2D eigenvalue weighted by Crippen LogP contribution is 2.34. The summed E-state index contributed by atoms with van der Waals surface area (Å²) in [6, 6.07) is 8.21. The van der Waals surface area contributed by atoms with Crippen LogP contribution in [0.1, 0.15) is 51.0 Å². The number of hydrogen-bond donors (Lipinski definition) is 1. The summed E-state index contributed by atoms with van der Waals surface area (Å²) < 4.78 is 0. The summed E-state index contributed by atoms with van der Waals surface area (Å²) in [6.07, 6.45) is 3.16. The van der Waals surface area contributed by atoms with E-state index in [4.69, 9.17) is 17.3 Å². The number of para-hydroxylation sites is 1. The molecule has 0 fully saturated rings. The molecule has 4 heteroatoms. The van der Waals surface area contributed by atoms with Crippen molar-refractivity contribution in [1.82, 2.24) is 0 Å². The third-order valence-corrected chi connectivity index (χ3v) is 3.80. The van der Waals surface area contributed by atoms with E-state index in [9.17, 15) is 4.79 Å². The van der Waals surface area contributed by atoms with E-state index in [2.05, 4.69) is 20.8 Å². The summed E-state index contributed by atoms with van der Waals surface area (Å²) in [5, 5.41) is -0.0275. The molecule has 0 saturated heterocycles. The number of nitrogens with zero attached hydrogens (tertiary/aromatic N) is 1. The molecular weight excluding hydrogens is 272 g/mol. The van der Waals surface area contributed by atoms with Gasteiger partial charge in [-0.1, -0.05) is 38.0 Å². The monoisotopic (exact) mass is 296 g/mol. The Hall–Kier alpha value is -1.22. The number of alkyl halides is 1.